The lowest BCUT2D eigenvalue weighted by atomic mass is 10.0. The molecule has 30 heavy (non-hydrogen) atoms. The number of anilines is 1. The van der Waals surface area contributed by atoms with Gasteiger partial charge in [0.25, 0.3) is 0 Å². The van der Waals surface area contributed by atoms with E-state index in [0.717, 1.165) is 36.3 Å². The van der Waals surface area contributed by atoms with E-state index in [2.05, 4.69) is 24.3 Å². The molecule has 0 aromatic heterocycles. The van der Waals surface area contributed by atoms with E-state index in [1.807, 2.05) is 42.1 Å². The molecule has 2 heterocycles. The molecular weight excluding hydrogens is 380 g/mol. The van der Waals surface area contributed by atoms with Gasteiger partial charge in [0.15, 0.2) is 0 Å². The first-order valence-electron chi connectivity index (χ1n) is 10.5. The van der Waals surface area contributed by atoms with Crippen LogP contribution < -0.4 is 4.90 Å². The normalized spacial score (nSPS) is 20.0. The maximum Gasteiger partial charge on any atom is 0.339 e. The van der Waals surface area contributed by atoms with Crippen molar-refractivity contribution in [1.82, 2.24) is 4.90 Å². The maximum atomic E-state index is 13.3. The zero-order chi connectivity index (χ0) is 21.1. The Bertz CT molecular complexity index is 904. The van der Waals surface area contributed by atoms with Gasteiger partial charge in [-0.25, -0.2) is 4.79 Å². The third-order valence-electron chi connectivity index (χ3n) is 5.76. The zero-order valence-corrected chi connectivity index (χ0v) is 17.5. The molecule has 0 spiro atoms. The summed E-state index contributed by atoms with van der Waals surface area (Å²) in [6.45, 7) is 1.81. The van der Waals surface area contributed by atoms with E-state index < -0.39 is 6.10 Å². The van der Waals surface area contributed by atoms with Crippen molar-refractivity contribution >= 4 is 17.6 Å². The van der Waals surface area contributed by atoms with Gasteiger partial charge in [-0.05, 0) is 36.6 Å². The standard InChI is InChI=1S/C24H28N2O4/c1-25(2)18-11-9-17(10-12-18)15-26(16-19-6-5-13-29-19)23(27)14-22-20-7-3-4-8-21(20)24(28)30-22/h3-4,7-12,19,22H,5-6,13-16H2,1-2H3/t19-,22+/m1/s1. The molecule has 0 unspecified atom stereocenters. The highest BCUT2D eigenvalue weighted by Gasteiger charge is 2.34. The van der Waals surface area contributed by atoms with E-state index in [9.17, 15) is 9.59 Å². The Morgan fingerprint density at radius 2 is 1.87 bits per heavy atom. The van der Waals surface area contributed by atoms with Crippen LogP contribution in [0, 0.1) is 0 Å². The summed E-state index contributed by atoms with van der Waals surface area (Å²) in [5.41, 5.74) is 3.53. The number of fused-ring (bicyclic) bond motifs is 1. The van der Waals surface area contributed by atoms with Crippen LogP contribution in [0.3, 0.4) is 0 Å². The van der Waals surface area contributed by atoms with Crippen LogP contribution in [0.15, 0.2) is 48.5 Å². The summed E-state index contributed by atoms with van der Waals surface area (Å²) in [6.07, 6.45) is 1.67. The molecule has 2 atom stereocenters. The number of hydrogen-bond donors (Lipinski definition) is 0. The lowest BCUT2D eigenvalue weighted by Crippen LogP contribution is -2.37. The fourth-order valence-corrected chi connectivity index (χ4v) is 4.07. The molecule has 1 amide bonds. The van der Waals surface area contributed by atoms with Crippen molar-refractivity contribution in [2.45, 2.75) is 38.0 Å². The fourth-order valence-electron chi connectivity index (χ4n) is 4.07. The van der Waals surface area contributed by atoms with E-state index in [1.54, 1.807) is 6.07 Å². The highest BCUT2D eigenvalue weighted by atomic mass is 16.5. The molecule has 0 N–H and O–H groups in total. The Morgan fingerprint density at radius 1 is 1.10 bits per heavy atom. The van der Waals surface area contributed by atoms with E-state index in [1.165, 1.54) is 0 Å². The van der Waals surface area contributed by atoms with Gasteiger partial charge < -0.3 is 19.3 Å². The van der Waals surface area contributed by atoms with Crippen LogP contribution >= 0.6 is 0 Å². The third-order valence-corrected chi connectivity index (χ3v) is 5.76. The molecule has 2 aliphatic heterocycles. The van der Waals surface area contributed by atoms with Gasteiger partial charge in [0, 0.05) is 45.0 Å². The molecule has 6 nitrogen and oxygen atoms in total. The van der Waals surface area contributed by atoms with Crippen LogP contribution in [0.5, 0.6) is 0 Å². The minimum atomic E-state index is -0.524. The van der Waals surface area contributed by atoms with Gasteiger partial charge in [-0.3, -0.25) is 4.79 Å². The molecule has 0 radical (unpaired) electrons. The molecule has 2 aromatic carbocycles. The SMILES string of the molecule is CN(C)c1ccc(CN(C[C@H]2CCCO2)C(=O)C[C@@H]2OC(=O)c3ccccc32)cc1. The van der Waals surface area contributed by atoms with E-state index in [-0.39, 0.29) is 24.4 Å². The van der Waals surface area contributed by atoms with Gasteiger partial charge in [-0.2, -0.15) is 0 Å². The number of benzene rings is 2. The molecule has 2 aliphatic rings. The Labute approximate surface area is 177 Å². The summed E-state index contributed by atoms with van der Waals surface area (Å²) in [7, 11) is 4.01. The largest absolute Gasteiger partial charge is 0.453 e. The number of cyclic esters (lactones) is 1. The molecule has 1 saturated heterocycles. The minimum Gasteiger partial charge on any atom is -0.453 e. The molecule has 0 bridgehead atoms. The van der Waals surface area contributed by atoms with Crippen LogP contribution in [-0.4, -0.2) is 50.1 Å². The second kappa shape index (κ2) is 8.88. The molecule has 1 fully saturated rings. The summed E-state index contributed by atoms with van der Waals surface area (Å²) in [4.78, 5) is 29.3. The van der Waals surface area contributed by atoms with Crippen LogP contribution in [0.25, 0.3) is 0 Å². The highest BCUT2D eigenvalue weighted by Crippen LogP contribution is 2.33. The van der Waals surface area contributed by atoms with Crippen molar-refractivity contribution in [2.75, 3.05) is 32.1 Å². The van der Waals surface area contributed by atoms with Gasteiger partial charge in [0.05, 0.1) is 18.1 Å². The number of nitrogens with zero attached hydrogens (tertiary/aromatic N) is 2. The van der Waals surface area contributed by atoms with Gasteiger partial charge >= 0.3 is 5.97 Å². The summed E-state index contributed by atoms with van der Waals surface area (Å²) >= 11 is 0. The summed E-state index contributed by atoms with van der Waals surface area (Å²) in [6, 6.07) is 15.5. The number of hydrogen-bond acceptors (Lipinski definition) is 5. The quantitative estimate of drug-likeness (QED) is 0.656. The van der Waals surface area contributed by atoms with Gasteiger partial charge in [0.1, 0.15) is 6.10 Å². The van der Waals surface area contributed by atoms with Crippen molar-refractivity contribution in [3.8, 4) is 0 Å². The average molecular weight is 408 g/mol. The molecule has 0 aliphatic carbocycles. The third kappa shape index (κ3) is 4.49. The van der Waals surface area contributed by atoms with Crippen molar-refractivity contribution in [3.05, 3.63) is 65.2 Å². The Balaban J connectivity index is 1.49. The lowest BCUT2D eigenvalue weighted by molar-refractivity contribution is -0.135. The Morgan fingerprint density at radius 3 is 2.57 bits per heavy atom. The van der Waals surface area contributed by atoms with E-state index in [0.29, 0.717) is 18.7 Å². The number of ether oxygens (including phenoxy) is 2. The smallest absolute Gasteiger partial charge is 0.339 e. The first-order chi connectivity index (χ1) is 14.5. The summed E-state index contributed by atoms with van der Waals surface area (Å²) in [5.74, 6) is -0.384. The Hall–Kier alpha value is -2.86. The predicted octanol–water partition coefficient (Wildman–Crippen LogP) is 3.56. The molecule has 0 saturated carbocycles. The van der Waals surface area contributed by atoms with Gasteiger partial charge in [-0.15, -0.1) is 0 Å². The second-order valence-electron chi connectivity index (χ2n) is 8.16. The fraction of sp³-hybridized carbons (Fsp3) is 0.417. The first-order valence-corrected chi connectivity index (χ1v) is 10.5. The van der Waals surface area contributed by atoms with Crippen LogP contribution in [0.2, 0.25) is 0 Å². The van der Waals surface area contributed by atoms with Crippen LogP contribution in [0.4, 0.5) is 5.69 Å². The zero-order valence-electron chi connectivity index (χ0n) is 17.5. The van der Waals surface area contributed by atoms with Crippen molar-refractivity contribution < 1.29 is 19.1 Å². The number of carbonyl (C=O) groups excluding carboxylic acids is 2. The molecule has 2 aromatic rings. The monoisotopic (exact) mass is 408 g/mol. The summed E-state index contributed by atoms with van der Waals surface area (Å²) in [5, 5.41) is 0. The molecule has 158 valence electrons. The van der Waals surface area contributed by atoms with Crippen LogP contribution in [-0.2, 0) is 20.8 Å². The van der Waals surface area contributed by atoms with Gasteiger partial charge in [-0.1, -0.05) is 30.3 Å². The molecule has 6 heteroatoms. The van der Waals surface area contributed by atoms with Crippen LogP contribution in [0.1, 0.15) is 46.9 Å². The second-order valence-corrected chi connectivity index (χ2v) is 8.16. The lowest BCUT2D eigenvalue weighted by Gasteiger charge is -2.27. The van der Waals surface area contributed by atoms with Gasteiger partial charge in [0.2, 0.25) is 5.91 Å². The van der Waals surface area contributed by atoms with Crippen molar-refractivity contribution in [1.29, 1.82) is 0 Å². The number of rotatable bonds is 7. The topological polar surface area (TPSA) is 59.1 Å². The maximum absolute atomic E-state index is 13.3. The number of carbonyl (C=O) groups is 2. The van der Waals surface area contributed by atoms with E-state index >= 15 is 0 Å². The van der Waals surface area contributed by atoms with E-state index in [4.69, 9.17) is 9.47 Å². The predicted molar refractivity (Wildman–Crippen MR) is 114 cm³/mol. The molecular formula is C24H28N2O4. The van der Waals surface area contributed by atoms with Crippen molar-refractivity contribution in [3.63, 3.8) is 0 Å². The number of amides is 1. The molecule has 4 rings (SSSR count). The van der Waals surface area contributed by atoms with Crippen molar-refractivity contribution in [2.24, 2.45) is 0 Å². The highest BCUT2D eigenvalue weighted by molar-refractivity contribution is 5.94. The Kier molecular flexibility index (Phi) is 6.04. The minimum absolute atomic E-state index is 0.0308. The first kappa shape index (κ1) is 20.4. The average Bonchev–Trinajstić information content (AvgIpc) is 3.36. The number of esters is 1. The summed E-state index contributed by atoms with van der Waals surface area (Å²) < 4.78 is 11.3.